The van der Waals surface area contributed by atoms with Crippen molar-refractivity contribution in [2.75, 3.05) is 13.2 Å². The van der Waals surface area contributed by atoms with Crippen LogP contribution in [-0.2, 0) is 9.47 Å². The number of amides is 1. The van der Waals surface area contributed by atoms with Crippen LogP contribution in [0.1, 0.15) is 41.0 Å². The summed E-state index contributed by atoms with van der Waals surface area (Å²) in [6.45, 7) is 5.24. The van der Waals surface area contributed by atoms with Crippen molar-refractivity contribution in [3.8, 4) is 0 Å². The molecule has 3 unspecified atom stereocenters. The molecule has 1 saturated carbocycles. The van der Waals surface area contributed by atoms with Crippen molar-refractivity contribution in [3.05, 3.63) is 10.0 Å². The maximum absolute atomic E-state index is 12.2. The fraction of sp³-hybridized carbons (Fsp3) is 0.769. The molecule has 0 bridgehead atoms. The molecule has 110 valence electrons. The molecule has 20 heavy (non-hydrogen) atoms. The Bertz CT molecular complexity index is 499. The SMILES string of the molecule is CCOC1CC(NC(=O)c2nnc(C)s2)C12CCCO2. The molecule has 1 spiro atoms. The lowest BCUT2D eigenvalue weighted by Crippen LogP contribution is -2.69. The Morgan fingerprint density at radius 2 is 2.45 bits per heavy atom. The van der Waals surface area contributed by atoms with Gasteiger partial charge in [0.25, 0.3) is 5.91 Å². The topological polar surface area (TPSA) is 73.3 Å². The number of aromatic nitrogens is 2. The molecular weight excluding hydrogens is 278 g/mol. The summed E-state index contributed by atoms with van der Waals surface area (Å²) in [6, 6.07) is 0.0123. The summed E-state index contributed by atoms with van der Waals surface area (Å²) in [5.41, 5.74) is -0.328. The van der Waals surface area contributed by atoms with Crippen molar-refractivity contribution in [2.45, 2.75) is 50.9 Å². The second-order valence-corrected chi connectivity index (χ2v) is 6.42. The Morgan fingerprint density at radius 1 is 1.60 bits per heavy atom. The highest BCUT2D eigenvalue weighted by Gasteiger charge is 2.59. The van der Waals surface area contributed by atoms with Crippen molar-refractivity contribution < 1.29 is 14.3 Å². The Balaban J connectivity index is 1.67. The summed E-state index contributed by atoms with van der Waals surface area (Å²) in [5.74, 6) is -0.162. The maximum Gasteiger partial charge on any atom is 0.282 e. The zero-order valence-electron chi connectivity index (χ0n) is 11.7. The molecular formula is C13H19N3O3S. The van der Waals surface area contributed by atoms with Crippen molar-refractivity contribution >= 4 is 17.2 Å². The Labute approximate surface area is 121 Å². The quantitative estimate of drug-likeness (QED) is 0.907. The highest BCUT2D eigenvalue weighted by molar-refractivity contribution is 7.13. The van der Waals surface area contributed by atoms with Gasteiger partial charge in [0.15, 0.2) is 0 Å². The van der Waals surface area contributed by atoms with Gasteiger partial charge in [-0.2, -0.15) is 0 Å². The lowest BCUT2D eigenvalue weighted by atomic mass is 9.70. The number of rotatable bonds is 4. The Kier molecular flexibility index (Phi) is 3.74. The van der Waals surface area contributed by atoms with Crippen LogP contribution in [0, 0.1) is 6.92 Å². The van der Waals surface area contributed by atoms with Crippen molar-refractivity contribution in [2.24, 2.45) is 0 Å². The average Bonchev–Trinajstić information content (AvgIpc) is 3.07. The van der Waals surface area contributed by atoms with Gasteiger partial charge in [-0.25, -0.2) is 0 Å². The lowest BCUT2D eigenvalue weighted by molar-refractivity contribution is -0.194. The third-order valence-corrected chi connectivity index (χ3v) is 4.90. The van der Waals surface area contributed by atoms with Crippen molar-refractivity contribution in [1.29, 1.82) is 0 Å². The molecule has 1 aromatic heterocycles. The van der Waals surface area contributed by atoms with E-state index in [1.807, 2.05) is 13.8 Å². The van der Waals surface area contributed by atoms with E-state index in [0.29, 0.717) is 11.6 Å². The molecule has 1 saturated heterocycles. The number of carbonyl (C=O) groups is 1. The fourth-order valence-electron chi connectivity index (χ4n) is 3.09. The number of carbonyl (C=O) groups excluding carboxylic acids is 1. The second kappa shape index (κ2) is 5.38. The molecule has 2 fully saturated rings. The van der Waals surface area contributed by atoms with Crippen LogP contribution in [0.5, 0.6) is 0 Å². The maximum atomic E-state index is 12.2. The Morgan fingerprint density at radius 3 is 3.05 bits per heavy atom. The molecule has 0 aromatic carbocycles. The van der Waals surface area contributed by atoms with Gasteiger partial charge in [-0.15, -0.1) is 10.2 Å². The number of ether oxygens (including phenoxy) is 2. The van der Waals surface area contributed by atoms with E-state index in [2.05, 4.69) is 15.5 Å². The molecule has 1 N–H and O–H groups in total. The van der Waals surface area contributed by atoms with E-state index in [1.54, 1.807) is 0 Å². The second-order valence-electron chi connectivity index (χ2n) is 5.24. The van der Waals surface area contributed by atoms with E-state index >= 15 is 0 Å². The van der Waals surface area contributed by atoms with Crippen molar-refractivity contribution in [3.63, 3.8) is 0 Å². The Hall–Kier alpha value is -1.05. The zero-order valence-corrected chi connectivity index (χ0v) is 12.5. The standard InChI is InChI=1S/C13H19N3O3S/c1-3-18-10-7-9(13(10)5-4-6-19-13)14-11(17)12-16-15-8(2)20-12/h9-10H,3-7H2,1-2H3,(H,14,17). The molecule has 2 heterocycles. The van der Waals surface area contributed by atoms with E-state index in [4.69, 9.17) is 9.47 Å². The molecule has 0 radical (unpaired) electrons. The summed E-state index contributed by atoms with van der Waals surface area (Å²) < 4.78 is 11.7. The van der Waals surface area contributed by atoms with Crippen LogP contribution in [0.15, 0.2) is 0 Å². The lowest BCUT2D eigenvalue weighted by Gasteiger charge is -2.52. The van der Waals surface area contributed by atoms with E-state index in [1.165, 1.54) is 11.3 Å². The monoisotopic (exact) mass is 297 g/mol. The molecule has 2 aliphatic rings. The predicted molar refractivity (Wildman–Crippen MR) is 73.8 cm³/mol. The summed E-state index contributed by atoms with van der Waals surface area (Å²) in [5, 5.41) is 12.0. The number of hydrogen-bond donors (Lipinski definition) is 1. The van der Waals surface area contributed by atoms with Crippen LogP contribution >= 0.6 is 11.3 Å². The van der Waals surface area contributed by atoms with E-state index < -0.39 is 0 Å². The number of nitrogens with zero attached hydrogens (tertiary/aromatic N) is 2. The van der Waals surface area contributed by atoms with Gasteiger partial charge in [0.1, 0.15) is 10.6 Å². The normalized spacial score (nSPS) is 32.3. The first-order valence-corrected chi connectivity index (χ1v) is 7.84. The third-order valence-electron chi connectivity index (χ3n) is 4.06. The highest BCUT2D eigenvalue weighted by Crippen LogP contribution is 2.45. The molecule has 3 rings (SSSR count). The first kappa shape index (κ1) is 13.9. The molecule has 1 aliphatic carbocycles. The average molecular weight is 297 g/mol. The van der Waals surface area contributed by atoms with Crippen LogP contribution in [0.4, 0.5) is 0 Å². The van der Waals surface area contributed by atoms with Gasteiger partial charge in [-0.3, -0.25) is 4.79 Å². The molecule has 6 nitrogen and oxygen atoms in total. The van der Waals surface area contributed by atoms with Crippen LogP contribution in [-0.4, -0.2) is 47.1 Å². The first-order chi connectivity index (χ1) is 9.65. The molecule has 1 aliphatic heterocycles. The first-order valence-electron chi connectivity index (χ1n) is 7.02. The summed E-state index contributed by atoms with van der Waals surface area (Å²) in [4.78, 5) is 12.2. The summed E-state index contributed by atoms with van der Waals surface area (Å²) in [7, 11) is 0. The minimum Gasteiger partial charge on any atom is -0.375 e. The minimum atomic E-state index is -0.328. The third kappa shape index (κ3) is 2.23. The van der Waals surface area contributed by atoms with Crippen LogP contribution in [0.3, 0.4) is 0 Å². The smallest absolute Gasteiger partial charge is 0.282 e. The van der Waals surface area contributed by atoms with Gasteiger partial charge >= 0.3 is 0 Å². The van der Waals surface area contributed by atoms with E-state index in [-0.39, 0.29) is 23.7 Å². The molecule has 3 atom stereocenters. The fourth-order valence-corrected chi connectivity index (χ4v) is 3.68. The zero-order chi connectivity index (χ0) is 14.2. The van der Waals surface area contributed by atoms with Crippen LogP contribution in [0.25, 0.3) is 0 Å². The summed E-state index contributed by atoms with van der Waals surface area (Å²) in [6.07, 6.45) is 2.86. The largest absolute Gasteiger partial charge is 0.375 e. The van der Waals surface area contributed by atoms with Gasteiger partial charge in [0, 0.05) is 13.2 Å². The van der Waals surface area contributed by atoms with Crippen LogP contribution in [0.2, 0.25) is 0 Å². The molecule has 7 heteroatoms. The summed E-state index contributed by atoms with van der Waals surface area (Å²) >= 11 is 1.31. The number of aryl methyl sites for hydroxylation is 1. The van der Waals surface area contributed by atoms with Crippen molar-refractivity contribution in [1.82, 2.24) is 15.5 Å². The van der Waals surface area contributed by atoms with Gasteiger partial charge < -0.3 is 14.8 Å². The van der Waals surface area contributed by atoms with Gasteiger partial charge in [-0.05, 0) is 33.1 Å². The number of nitrogens with one attached hydrogen (secondary N) is 1. The minimum absolute atomic E-state index is 0.0123. The predicted octanol–water partition coefficient (Wildman–Crippen LogP) is 1.30. The van der Waals surface area contributed by atoms with E-state index in [9.17, 15) is 4.79 Å². The highest BCUT2D eigenvalue weighted by atomic mass is 32.1. The van der Waals surface area contributed by atoms with E-state index in [0.717, 1.165) is 30.9 Å². The van der Waals surface area contributed by atoms with Crippen LogP contribution < -0.4 is 5.32 Å². The number of hydrogen-bond acceptors (Lipinski definition) is 6. The molecule has 1 aromatic rings. The van der Waals surface area contributed by atoms with Gasteiger partial charge in [-0.1, -0.05) is 11.3 Å². The molecule has 1 amide bonds. The van der Waals surface area contributed by atoms with Gasteiger partial charge in [0.05, 0.1) is 12.1 Å². The van der Waals surface area contributed by atoms with Gasteiger partial charge in [0.2, 0.25) is 5.01 Å².